The third-order valence-electron chi connectivity index (χ3n) is 14.9. The molecule has 12 heteroatoms. The van der Waals surface area contributed by atoms with Crippen molar-refractivity contribution in [3.63, 3.8) is 0 Å². The largest absolute Gasteiger partial charge is 0.469 e. The average molecular weight is 1500 g/mol. The fourth-order valence-corrected chi connectivity index (χ4v) is 14.5. The maximum absolute atomic E-state index is 11.7. The molecule has 8 aromatic carbocycles. The summed E-state index contributed by atoms with van der Waals surface area (Å²) in [7, 11) is 2.85. The summed E-state index contributed by atoms with van der Waals surface area (Å²) in [6, 6.07) is 89.5. The zero-order valence-electron chi connectivity index (χ0n) is 50.6. The molecule has 12 rings (SSSR count). The maximum atomic E-state index is 11.7. The Hall–Kier alpha value is -8.48. The van der Waals surface area contributed by atoms with Gasteiger partial charge in [-0.15, -0.1) is 45.3 Å². The van der Waals surface area contributed by atoms with Gasteiger partial charge in [-0.3, -0.25) is 9.59 Å². The number of halogens is 2. The Balaban J connectivity index is 0.000000257. The predicted octanol–water partition coefficient (Wildman–Crippen LogP) is 24.0. The van der Waals surface area contributed by atoms with E-state index in [0.29, 0.717) is 25.7 Å². The van der Waals surface area contributed by atoms with E-state index in [-0.39, 0.29) is 11.9 Å². The number of para-hydroxylation sites is 2. The summed E-state index contributed by atoms with van der Waals surface area (Å²) in [6.07, 6.45) is 19.5. The minimum absolute atomic E-state index is 0.201. The number of esters is 2. The molecule has 0 radical (unpaired) electrons. The summed E-state index contributed by atoms with van der Waals surface area (Å²) in [5.41, 5.74) is 13.3. The third kappa shape index (κ3) is 18.4. The van der Waals surface area contributed by atoms with Gasteiger partial charge in [0.1, 0.15) is 0 Å². The average Bonchev–Trinajstić information content (AvgIpc) is 1.43. The summed E-state index contributed by atoms with van der Waals surface area (Å²) in [6.45, 7) is 0. The fraction of sp³-hybridized carbons (Fsp3) is 0.0750. The quantitative estimate of drug-likeness (QED) is 0.0498. The van der Waals surface area contributed by atoms with Gasteiger partial charge in [0.05, 0.1) is 14.2 Å². The number of rotatable bonds is 22. The van der Waals surface area contributed by atoms with Crippen molar-refractivity contribution in [1.82, 2.24) is 0 Å². The maximum Gasteiger partial charge on any atom is 0.305 e. The molecule has 0 aliphatic heterocycles. The van der Waals surface area contributed by atoms with Crippen LogP contribution in [0, 0.1) is 7.14 Å². The van der Waals surface area contributed by atoms with Gasteiger partial charge >= 0.3 is 11.9 Å². The Morgan fingerprint density at radius 2 is 0.565 bits per heavy atom. The summed E-state index contributed by atoms with van der Waals surface area (Å²) in [5, 5.41) is 0. The summed E-state index contributed by atoms with van der Waals surface area (Å²) in [5.74, 6) is -0.402. The molecule has 0 aliphatic carbocycles. The monoisotopic (exact) mass is 1500 g/mol. The molecule has 0 atom stereocenters. The van der Waals surface area contributed by atoms with Crippen LogP contribution in [0.1, 0.15) is 65.7 Å². The van der Waals surface area contributed by atoms with Crippen LogP contribution >= 0.6 is 90.5 Å². The number of hydrogen-bond donors (Lipinski definition) is 0. The highest BCUT2D eigenvalue weighted by molar-refractivity contribution is 14.1. The second kappa shape index (κ2) is 32.7. The highest BCUT2D eigenvalue weighted by Gasteiger charge is 2.15. The lowest BCUT2D eigenvalue weighted by molar-refractivity contribution is -0.141. The van der Waals surface area contributed by atoms with Crippen molar-refractivity contribution in [2.45, 2.75) is 25.7 Å². The van der Waals surface area contributed by atoms with Crippen molar-refractivity contribution >= 4 is 185 Å². The van der Waals surface area contributed by atoms with Gasteiger partial charge in [-0.25, -0.2) is 0 Å². The van der Waals surface area contributed by atoms with Crippen LogP contribution in [0.5, 0.6) is 0 Å². The first-order valence-corrected chi connectivity index (χ1v) is 35.4. The van der Waals surface area contributed by atoms with E-state index in [1.165, 1.54) is 71.5 Å². The van der Waals surface area contributed by atoms with Gasteiger partial charge in [-0.1, -0.05) is 133 Å². The summed E-state index contributed by atoms with van der Waals surface area (Å²) >= 11 is 11.9. The third-order valence-corrected chi connectivity index (χ3v) is 20.9. The number of aryl methyl sites for hydroxylation is 2. The van der Waals surface area contributed by atoms with Crippen molar-refractivity contribution < 1.29 is 19.1 Å². The second-order valence-electron chi connectivity index (χ2n) is 21.3. The standard InChI is InChI=1S/C56H48N2O4S2.C24H16I2S2/c1-61-55(59)39-23-43-17-29-49(30-18-43)57(45-9-5-3-6-10-45)47-25-13-41(14-26-47)21-33-51-35-37-53(63-51)54-38-36-52(64-54)34-22-42-15-27-48(28-16-42)58(46-11-7-4-8-12-46)50-31-19-44(20-32-50)24-40-56(60)62-2;25-19-7-1-17(2-8-19)5-11-21-13-15-23(27-21)24-16-14-22(28-24)12-6-18-3-9-20(26)10-4-18/h3-22,25-38H,23-24,39-40H2,1-2H3;1-16H/b33-21+,34-22+;11-5+,12-6+. The van der Waals surface area contributed by atoms with E-state index in [4.69, 9.17) is 9.47 Å². The molecule has 92 heavy (non-hydrogen) atoms. The lowest BCUT2D eigenvalue weighted by Crippen LogP contribution is -2.10. The molecule has 0 aliphatic rings. The van der Waals surface area contributed by atoms with Gasteiger partial charge in [-0.2, -0.15) is 0 Å². The van der Waals surface area contributed by atoms with Crippen molar-refractivity contribution in [2.75, 3.05) is 24.0 Å². The Bertz CT molecular complexity index is 4160. The fourth-order valence-electron chi connectivity index (χ4n) is 10.00. The molecule has 0 saturated carbocycles. The molecule has 6 nitrogen and oxygen atoms in total. The Morgan fingerprint density at radius 3 is 0.837 bits per heavy atom. The Kier molecular flexibility index (Phi) is 23.1. The molecule has 4 heterocycles. The van der Waals surface area contributed by atoms with E-state index in [1.807, 2.05) is 34.8 Å². The molecule has 0 bridgehead atoms. The van der Waals surface area contributed by atoms with Gasteiger partial charge in [0.25, 0.3) is 0 Å². The smallest absolute Gasteiger partial charge is 0.305 e. The molecule has 12 aromatic rings. The van der Waals surface area contributed by atoms with Gasteiger partial charge in [0.2, 0.25) is 0 Å². The number of carbonyl (C=O) groups is 2. The van der Waals surface area contributed by atoms with E-state index >= 15 is 0 Å². The molecule has 456 valence electrons. The molecule has 0 spiro atoms. The van der Waals surface area contributed by atoms with Crippen LogP contribution in [0.25, 0.3) is 68.1 Å². The number of anilines is 6. The van der Waals surface area contributed by atoms with E-state index in [9.17, 15) is 9.59 Å². The number of benzene rings is 8. The topological polar surface area (TPSA) is 59.1 Å². The van der Waals surface area contributed by atoms with E-state index in [0.717, 1.165) is 56.4 Å². The van der Waals surface area contributed by atoms with Crippen molar-refractivity contribution in [3.8, 4) is 19.5 Å². The Morgan fingerprint density at radius 1 is 0.315 bits per heavy atom. The number of ether oxygens (including phenoxy) is 2. The first-order valence-electron chi connectivity index (χ1n) is 29.9. The van der Waals surface area contributed by atoms with E-state index in [2.05, 4.69) is 346 Å². The number of carbonyl (C=O) groups excluding carboxylic acids is 2. The SMILES string of the molecule is COC(=O)CCc1ccc(N(c2ccccc2)c2ccc(/C=C/c3ccc(-c4ccc(/C=C/c5ccc(N(c6ccccc6)c6ccc(CCC(=O)OC)cc6)cc5)s4)s3)cc2)cc1.Ic1ccc(/C=C/c2ccc(-c3ccc(/C=C/c4ccc(I)cc4)s3)s2)cc1. The second-order valence-corrected chi connectivity index (χ2v) is 28.2. The van der Waals surface area contributed by atoms with Gasteiger partial charge in [0.15, 0.2) is 0 Å². The van der Waals surface area contributed by atoms with Crippen LogP contribution < -0.4 is 9.80 Å². The first kappa shape index (κ1) is 65.0. The van der Waals surface area contributed by atoms with Gasteiger partial charge in [-0.05, 0) is 261 Å². The zero-order chi connectivity index (χ0) is 63.4. The first-order chi connectivity index (χ1) is 45.1. The number of methoxy groups -OCH3 is 2. The number of thiophene rings is 4. The van der Waals surface area contributed by atoms with Crippen LogP contribution in [-0.4, -0.2) is 26.2 Å². The van der Waals surface area contributed by atoms with Crippen LogP contribution in [0.15, 0.2) is 255 Å². The number of hydrogen-bond acceptors (Lipinski definition) is 10. The molecular formula is C80H64I2N2O4S4. The Labute approximate surface area is 582 Å². The van der Waals surface area contributed by atoms with Crippen LogP contribution in [0.2, 0.25) is 0 Å². The predicted molar refractivity (Wildman–Crippen MR) is 412 cm³/mol. The van der Waals surface area contributed by atoms with Crippen LogP contribution in [-0.2, 0) is 31.9 Å². The van der Waals surface area contributed by atoms with E-state index < -0.39 is 0 Å². The van der Waals surface area contributed by atoms with E-state index in [1.54, 1.807) is 22.7 Å². The molecule has 0 N–H and O–H groups in total. The van der Waals surface area contributed by atoms with Gasteiger partial charge in [0, 0.05) is 93.1 Å². The molecule has 0 fully saturated rings. The molecule has 0 saturated heterocycles. The molecule has 0 unspecified atom stereocenters. The van der Waals surface area contributed by atoms with Crippen molar-refractivity contribution in [1.29, 1.82) is 0 Å². The van der Waals surface area contributed by atoms with Crippen LogP contribution in [0.3, 0.4) is 0 Å². The number of nitrogens with zero attached hydrogens (tertiary/aromatic N) is 2. The minimum Gasteiger partial charge on any atom is -0.469 e. The minimum atomic E-state index is -0.201. The van der Waals surface area contributed by atoms with Crippen molar-refractivity contribution in [2.24, 2.45) is 0 Å². The highest BCUT2D eigenvalue weighted by atomic mass is 127. The summed E-state index contributed by atoms with van der Waals surface area (Å²) < 4.78 is 12.2. The zero-order valence-corrected chi connectivity index (χ0v) is 58.2. The summed E-state index contributed by atoms with van der Waals surface area (Å²) in [4.78, 5) is 37.9. The molecule has 4 aromatic heterocycles. The van der Waals surface area contributed by atoms with Gasteiger partial charge < -0.3 is 19.3 Å². The molecular weight excluding hydrogens is 1430 g/mol. The lowest BCUT2D eigenvalue weighted by atomic mass is 10.1. The normalized spacial score (nSPS) is 11.3. The van der Waals surface area contributed by atoms with Crippen LogP contribution in [0.4, 0.5) is 34.1 Å². The van der Waals surface area contributed by atoms with Crippen molar-refractivity contribution in [3.05, 3.63) is 315 Å². The highest BCUT2D eigenvalue weighted by Crippen LogP contribution is 2.40. The lowest BCUT2D eigenvalue weighted by Gasteiger charge is -2.25. The molecule has 0 amide bonds.